The van der Waals surface area contributed by atoms with E-state index >= 15 is 0 Å². The lowest BCUT2D eigenvalue weighted by atomic mass is 10.0. The Morgan fingerprint density at radius 3 is 1.92 bits per heavy atom. The summed E-state index contributed by atoms with van der Waals surface area (Å²) in [5, 5.41) is 21.1. The predicted octanol–water partition coefficient (Wildman–Crippen LogP) is 0.892. The van der Waals surface area contributed by atoms with E-state index in [1.54, 1.807) is 24.3 Å². The van der Waals surface area contributed by atoms with E-state index in [0.717, 1.165) is 24.1 Å². The zero-order chi connectivity index (χ0) is 28.0. The molecular weight excluding hydrogens is 498 g/mol. The monoisotopic (exact) mass is 537 g/mol. The van der Waals surface area contributed by atoms with E-state index < -0.39 is 35.9 Å². The van der Waals surface area contributed by atoms with Crippen molar-refractivity contribution in [1.29, 1.82) is 0 Å². The first kappa shape index (κ1) is 29.8. The highest BCUT2D eigenvalue weighted by Gasteiger charge is 2.31. The second-order valence-electron chi connectivity index (χ2n) is 9.83. The van der Waals surface area contributed by atoms with Gasteiger partial charge < -0.3 is 32.1 Å². The predicted molar refractivity (Wildman–Crippen MR) is 148 cm³/mol. The van der Waals surface area contributed by atoms with Crippen LogP contribution >= 0.6 is 0 Å². The minimum atomic E-state index is -1.17. The highest BCUT2D eigenvalue weighted by Crippen LogP contribution is 2.10. The standard InChI is InChI=1S/C29H39N5O5/c30-16-8-7-14-23(27(36)34-25(29(38)39)19-21-12-5-2-6-13-21)32-28(37)24(18-20-10-3-1-4-11-20)33-26(35)22-15-9-17-31-22/h1-6,10-13,22-25,31H,7-9,14-19,30H2,(H,32,37)(H,33,35)(H,34,36)(H,38,39). The molecule has 0 radical (unpaired) electrons. The van der Waals surface area contributed by atoms with E-state index in [9.17, 15) is 24.3 Å². The molecule has 10 nitrogen and oxygen atoms in total. The smallest absolute Gasteiger partial charge is 0.326 e. The summed E-state index contributed by atoms with van der Waals surface area (Å²) in [6.45, 7) is 1.17. The summed E-state index contributed by atoms with van der Waals surface area (Å²) >= 11 is 0. The number of carbonyl (C=O) groups excluding carboxylic acids is 3. The van der Waals surface area contributed by atoms with E-state index in [-0.39, 0.29) is 31.2 Å². The summed E-state index contributed by atoms with van der Waals surface area (Å²) in [4.78, 5) is 51.6. The average molecular weight is 538 g/mol. The van der Waals surface area contributed by atoms with Crippen LogP contribution in [0.4, 0.5) is 0 Å². The van der Waals surface area contributed by atoms with Gasteiger partial charge in [-0.2, -0.15) is 0 Å². The molecule has 3 rings (SSSR count). The van der Waals surface area contributed by atoms with E-state index in [4.69, 9.17) is 5.73 Å². The molecule has 0 saturated carbocycles. The Bertz CT molecular complexity index is 1080. The third kappa shape index (κ3) is 9.81. The molecule has 7 N–H and O–H groups in total. The zero-order valence-electron chi connectivity index (χ0n) is 22.1. The minimum absolute atomic E-state index is 0.104. The molecule has 39 heavy (non-hydrogen) atoms. The van der Waals surface area contributed by atoms with Crippen LogP contribution in [-0.2, 0) is 32.0 Å². The van der Waals surface area contributed by atoms with Crippen LogP contribution in [-0.4, -0.2) is 66.1 Å². The molecule has 4 unspecified atom stereocenters. The Hall–Kier alpha value is -3.76. The van der Waals surface area contributed by atoms with Gasteiger partial charge in [0.25, 0.3) is 0 Å². The molecule has 1 heterocycles. The largest absolute Gasteiger partial charge is 0.480 e. The summed E-state index contributed by atoms with van der Waals surface area (Å²) in [5.74, 6) is -2.53. The highest BCUT2D eigenvalue weighted by atomic mass is 16.4. The van der Waals surface area contributed by atoms with Crippen molar-refractivity contribution in [3.63, 3.8) is 0 Å². The molecule has 1 aliphatic heterocycles. The maximum Gasteiger partial charge on any atom is 0.326 e. The molecule has 2 aromatic carbocycles. The Morgan fingerprint density at radius 1 is 0.821 bits per heavy atom. The Kier molecular flexibility index (Phi) is 11.9. The number of carboxylic acids is 1. The number of benzene rings is 2. The van der Waals surface area contributed by atoms with Crippen molar-refractivity contribution in [3.05, 3.63) is 71.8 Å². The van der Waals surface area contributed by atoms with Gasteiger partial charge in [0.15, 0.2) is 0 Å². The third-order valence-electron chi connectivity index (χ3n) is 6.77. The van der Waals surface area contributed by atoms with E-state index in [2.05, 4.69) is 21.3 Å². The maximum absolute atomic E-state index is 13.5. The van der Waals surface area contributed by atoms with Gasteiger partial charge in [0.1, 0.15) is 18.1 Å². The van der Waals surface area contributed by atoms with Crippen LogP contribution in [0.25, 0.3) is 0 Å². The van der Waals surface area contributed by atoms with Crippen molar-refractivity contribution in [2.75, 3.05) is 13.1 Å². The van der Waals surface area contributed by atoms with Gasteiger partial charge in [-0.25, -0.2) is 4.79 Å². The van der Waals surface area contributed by atoms with Crippen molar-refractivity contribution >= 4 is 23.7 Å². The number of aliphatic carboxylic acids is 1. The number of nitrogens with two attached hydrogens (primary N) is 1. The SMILES string of the molecule is NCCCCC(NC(=O)C(Cc1ccccc1)NC(=O)C1CCCN1)C(=O)NC(Cc1ccccc1)C(=O)O. The quantitative estimate of drug-likeness (QED) is 0.184. The average Bonchev–Trinajstić information content (AvgIpc) is 3.48. The first-order chi connectivity index (χ1) is 18.9. The molecule has 2 aromatic rings. The Labute approximate surface area is 229 Å². The van der Waals surface area contributed by atoms with Crippen LogP contribution in [0.2, 0.25) is 0 Å². The summed E-state index contributed by atoms with van der Waals surface area (Å²) in [5.41, 5.74) is 7.25. The van der Waals surface area contributed by atoms with Gasteiger partial charge in [0.2, 0.25) is 17.7 Å². The van der Waals surface area contributed by atoms with Crippen molar-refractivity contribution in [2.45, 2.75) is 69.1 Å². The van der Waals surface area contributed by atoms with Crippen LogP contribution in [0.1, 0.15) is 43.2 Å². The molecule has 1 fully saturated rings. The second-order valence-corrected chi connectivity index (χ2v) is 9.83. The normalized spacial score (nSPS) is 17.0. The van der Waals surface area contributed by atoms with Gasteiger partial charge in [-0.05, 0) is 56.3 Å². The van der Waals surface area contributed by atoms with E-state index in [1.807, 2.05) is 36.4 Å². The van der Waals surface area contributed by atoms with Gasteiger partial charge in [0, 0.05) is 12.8 Å². The van der Waals surface area contributed by atoms with Crippen molar-refractivity contribution in [3.8, 4) is 0 Å². The third-order valence-corrected chi connectivity index (χ3v) is 6.77. The summed E-state index contributed by atoms with van der Waals surface area (Å²) in [6.07, 6.45) is 3.40. The van der Waals surface area contributed by atoms with Gasteiger partial charge in [-0.1, -0.05) is 60.7 Å². The molecular formula is C29H39N5O5. The molecule has 1 saturated heterocycles. The number of carboxylic acid groups (broad SMARTS) is 1. The minimum Gasteiger partial charge on any atom is -0.480 e. The highest BCUT2D eigenvalue weighted by molar-refractivity contribution is 5.94. The molecule has 210 valence electrons. The van der Waals surface area contributed by atoms with Crippen molar-refractivity contribution in [1.82, 2.24) is 21.3 Å². The van der Waals surface area contributed by atoms with Crippen LogP contribution < -0.4 is 27.0 Å². The van der Waals surface area contributed by atoms with Crippen LogP contribution in [0.15, 0.2) is 60.7 Å². The number of carbonyl (C=O) groups is 4. The topological polar surface area (TPSA) is 163 Å². The number of amides is 3. The van der Waals surface area contributed by atoms with Crippen molar-refractivity contribution < 1.29 is 24.3 Å². The molecule has 0 aliphatic carbocycles. The second kappa shape index (κ2) is 15.6. The lowest BCUT2D eigenvalue weighted by molar-refractivity contribution is -0.142. The first-order valence-corrected chi connectivity index (χ1v) is 13.5. The zero-order valence-corrected chi connectivity index (χ0v) is 22.1. The Morgan fingerprint density at radius 2 is 1.38 bits per heavy atom. The summed E-state index contributed by atoms with van der Waals surface area (Å²) in [7, 11) is 0. The molecule has 0 aromatic heterocycles. The summed E-state index contributed by atoms with van der Waals surface area (Å²) in [6, 6.07) is 14.9. The van der Waals surface area contributed by atoms with Crippen LogP contribution in [0.3, 0.4) is 0 Å². The molecule has 0 spiro atoms. The maximum atomic E-state index is 13.5. The number of hydrogen-bond donors (Lipinski definition) is 6. The van der Waals surface area contributed by atoms with Gasteiger partial charge in [-0.15, -0.1) is 0 Å². The molecule has 4 atom stereocenters. The molecule has 0 bridgehead atoms. The first-order valence-electron chi connectivity index (χ1n) is 13.5. The fraction of sp³-hybridized carbons (Fsp3) is 0.448. The van der Waals surface area contributed by atoms with Gasteiger partial charge >= 0.3 is 5.97 Å². The fourth-order valence-electron chi connectivity index (χ4n) is 4.60. The van der Waals surface area contributed by atoms with E-state index in [0.29, 0.717) is 25.8 Å². The summed E-state index contributed by atoms with van der Waals surface area (Å²) < 4.78 is 0. The lowest BCUT2D eigenvalue weighted by Gasteiger charge is -2.25. The number of nitrogens with one attached hydrogen (secondary N) is 4. The van der Waals surface area contributed by atoms with Crippen molar-refractivity contribution in [2.24, 2.45) is 5.73 Å². The Balaban J connectivity index is 1.73. The molecule has 3 amide bonds. The number of unbranched alkanes of at least 4 members (excludes halogenated alkanes) is 1. The van der Waals surface area contributed by atoms with Crippen LogP contribution in [0.5, 0.6) is 0 Å². The van der Waals surface area contributed by atoms with Gasteiger partial charge in [-0.3, -0.25) is 14.4 Å². The lowest BCUT2D eigenvalue weighted by Crippen LogP contribution is -2.57. The van der Waals surface area contributed by atoms with Crippen LogP contribution in [0, 0.1) is 0 Å². The van der Waals surface area contributed by atoms with Gasteiger partial charge in [0.05, 0.1) is 6.04 Å². The fourth-order valence-corrected chi connectivity index (χ4v) is 4.60. The molecule has 10 heteroatoms. The van der Waals surface area contributed by atoms with E-state index in [1.165, 1.54) is 0 Å². The molecule has 1 aliphatic rings. The number of hydrogen-bond acceptors (Lipinski definition) is 6. The number of rotatable bonds is 15.